The van der Waals surface area contributed by atoms with E-state index in [-0.39, 0.29) is 11.9 Å². The molecule has 5 nitrogen and oxygen atoms in total. The number of nitrogens with one attached hydrogen (secondary N) is 1. The van der Waals surface area contributed by atoms with E-state index in [2.05, 4.69) is 28.5 Å². The van der Waals surface area contributed by atoms with Gasteiger partial charge in [0, 0.05) is 17.8 Å². The number of benzene rings is 1. The van der Waals surface area contributed by atoms with E-state index in [0.717, 1.165) is 21.6 Å². The fourth-order valence-electron chi connectivity index (χ4n) is 3.89. The van der Waals surface area contributed by atoms with Crippen molar-refractivity contribution in [2.75, 3.05) is 16.0 Å². The van der Waals surface area contributed by atoms with Crippen LogP contribution in [-0.2, 0) is 11.2 Å². The molecule has 0 saturated heterocycles. The minimum Gasteiger partial charge on any atom is -0.357 e. The zero-order valence-electron chi connectivity index (χ0n) is 15.0. The molecule has 1 unspecified atom stereocenters. The molecule has 0 radical (unpaired) electrons. The lowest BCUT2D eigenvalue weighted by molar-refractivity contribution is -0.116. The van der Waals surface area contributed by atoms with Gasteiger partial charge in [0.2, 0.25) is 11.0 Å². The summed E-state index contributed by atoms with van der Waals surface area (Å²) >= 11 is 3.04. The number of carbonyl (C=O) groups is 1. The Morgan fingerprint density at radius 3 is 2.92 bits per heavy atom. The predicted octanol–water partition coefficient (Wildman–Crippen LogP) is 4.35. The van der Waals surface area contributed by atoms with Gasteiger partial charge in [0.25, 0.3) is 0 Å². The van der Waals surface area contributed by atoms with E-state index in [1.54, 1.807) is 11.3 Å². The Morgan fingerprint density at radius 2 is 2.08 bits per heavy atom. The highest BCUT2D eigenvalue weighted by Gasteiger charge is 2.30. The van der Waals surface area contributed by atoms with Crippen molar-refractivity contribution in [3.8, 4) is 0 Å². The molecule has 0 spiro atoms. The van der Waals surface area contributed by atoms with E-state index in [4.69, 9.17) is 0 Å². The maximum atomic E-state index is 12.8. The molecule has 2 aromatic rings. The summed E-state index contributed by atoms with van der Waals surface area (Å²) in [5, 5.41) is 12.9. The molecule has 1 atom stereocenters. The standard InChI is InChI=1S/C19H24N4OS2/c1-13-11-14-7-5-6-10-16(14)23(13)17(24)12-25-19-22-21-18(26-19)20-15-8-3-2-4-9-15/h5-7,10,13,15H,2-4,8-9,11-12H2,1H3,(H,20,21). The summed E-state index contributed by atoms with van der Waals surface area (Å²) in [5.74, 6) is 0.543. The molecule has 1 amide bonds. The molecular weight excluding hydrogens is 364 g/mol. The van der Waals surface area contributed by atoms with Crippen molar-refractivity contribution in [3.63, 3.8) is 0 Å². The van der Waals surface area contributed by atoms with Crippen LogP contribution in [0.2, 0.25) is 0 Å². The van der Waals surface area contributed by atoms with Crippen LogP contribution in [-0.4, -0.2) is 33.9 Å². The molecule has 138 valence electrons. The lowest BCUT2D eigenvalue weighted by Gasteiger charge is -2.22. The second kappa shape index (κ2) is 7.96. The molecule has 0 bridgehead atoms. The fourth-order valence-corrected chi connectivity index (χ4v) is 5.57. The van der Waals surface area contributed by atoms with Gasteiger partial charge in [0.05, 0.1) is 5.75 Å². The highest BCUT2D eigenvalue weighted by atomic mass is 32.2. The van der Waals surface area contributed by atoms with Gasteiger partial charge in [-0.3, -0.25) is 4.79 Å². The summed E-state index contributed by atoms with van der Waals surface area (Å²) in [6, 6.07) is 8.93. The first-order valence-corrected chi connectivity index (χ1v) is 11.1. The summed E-state index contributed by atoms with van der Waals surface area (Å²) in [6.45, 7) is 2.11. The minimum atomic E-state index is 0.143. The van der Waals surface area contributed by atoms with Crippen LogP contribution in [0, 0.1) is 0 Å². The maximum absolute atomic E-state index is 12.8. The number of aromatic nitrogens is 2. The van der Waals surface area contributed by atoms with E-state index in [1.807, 2.05) is 23.1 Å². The Balaban J connectivity index is 1.33. The molecule has 1 aliphatic heterocycles. The van der Waals surface area contributed by atoms with Crippen LogP contribution < -0.4 is 10.2 Å². The first kappa shape index (κ1) is 17.8. The lowest BCUT2D eigenvalue weighted by Crippen LogP contribution is -2.36. The molecule has 2 aliphatic rings. The van der Waals surface area contributed by atoms with Crippen LogP contribution in [0.25, 0.3) is 0 Å². The number of hydrogen-bond donors (Lipinski definition) is 1. The van der Waals surface area contributed by atoms with Gasteiger partial charge in [0.15, 0.2) is 4.34 Å². The molecule has 1 saturated carbocycles. The van der Waals surface area contributed by atoms with Crippen LogP contribution in [0.1, 0.15) is 44.6 Å². The second-order valence-electron chi connectivity index (χ2n) is 7.09. The van der Waals surface area contributed by atoms with E-state index in [1.165, 1.54) is 49.4 Å². The minimum absolute atomic E-state index is 0.143. The highest BCUT2D eigenvalue weighted by Crippen LogP contribution is 2.34. The third kappa shape index (κ3) is 3.88. The smallest absolute Gasteiger partial charge is 0.237 e. The average molecular weight is 389 g/mol. The van der Waals surface area contributed by atoms with E-state index < -0.39 is 0 Å². The van der Waals surface area contributed by atoms with Crippen LogP contribution >= 0.6 is 23.1 Å². The number of rotatable bonds is 5. The van der Waals surface area contributed by atoms with Gasteiger partial charge in [-0.05, 0) is 37.8 Å². The molecule has 1 aliphatic carbocycles. The Kier molecular flexibility index (Phi) is 5.45. The van der Waals surface area contributed by atoms with Crippen LogP contribution in [0.15, 0.2) is 28.6 Å². The van der Waals surface area contributed by atoms with Gasteiger partial charge in [0.1, 0.15) is 0 Å². The average Bonchev–Trinajstić information content (AvgIpc) is 3.23. The number of anilines is 2. The third-order valence-electron chi connectivity index (χ3n) is 5.13. The third-order valence-corrected chi connectivity index (χ3v) is 7.11. The van der Waals surface area contributed by atoms with Gasteiger partial charge in [-0.15, -0.1) is 10.2 Å². The van der Waals surface area contributed by atoms with Crippen molar-refractivity contribution in [2.24, 2.45) is 0 Å². The number of hydrogen-bond acceptors (Lipinski definition) is 6. The summed E-state index contributed by atoms with van der Waals surface area (Å²) < 4.78 is 0.858. The van der Waals surface area contributed by atoms with Crippen molar-refractivity contribution in [2.45, 2.75) is 61.9 Å². The molecule has 4 rings (SSSR count). The first-order valence-electron chi connectivity index (χ1n) is 9.33. The molecule has 1 fully saturated rings. The van der Waals surface area contributed by atoms with Crippen molar-refractivity contribution >= 4 is 39.8 Å². The number of amides is 1. The number of carbonyl (C=O) groups excluding carboxylic acids is 1. The number of para-hydroxylation sites is 1. The highest BCUT2D eigenvalue weighted by molar-refractivity contribution is 8.01. The Labute approximate surface area is 162 Å². The number of fused-ring (bicyclic) bond motifs is 1. The lowest BCUT2D eigenvalue weighted by atomic mass is 9.96. The molecule has 7 heteroatoms. The van der Waals surface area contributed by atoms with Gasteiger partial charge >= 0.3 is 0 Å². The van der Waals surface area contributed by atoms with Crippen LogP contribution in [0.3, 0.4) is 0 Å². The Morgan fingerprint density at radius 1 is 1.27 bits per heavy atom. The van der Waals surface area contributed by atoms with Gasteiger partial charge in [-0.2, -0.15) is 0 Å². The van der Waals surface area contributed by atoms with Crippen molar-refractivity contribution in [1.29, 1.82) is 0 Å². The quantitative estimate of drug-likeness (QED) is 0.772. The van der Waals surface area contributed by atoms with Crippen molar-refractivity contribution < 1.29 is 4.79 Å². The Bertz CT molecular complexity index is 772. The fraction of sp³-hybridized carbons (Fsp3) is 0.526. The first-order chi connectivity index (χ1) is 12.7. The van der Waals surface area contributed by atoms with Gasteiger partial charge < -0.3 is 10.2 Å². The topological polar surface area (TPSA) is 58.1 Å². The van der Waals surface area contributed by atoms with Gasteiger partial charge in [-0.1, -0.05) is 60.6 Å². The monoisotopic (exact) mass is 388 g/mol. The van der Waals surface area contributed by atoms with E-state index >= 15 is 0 Å². The molecular formula is C19H24N4OS2. The van der Waals surface area contributed by atoms with Crippen molar-refractivity contribution in [1.82, 2.24) is 10.2 Å². The van der Waals surface area contributed by atoms with E-state index in [0.29, 0.717) is 11.8 Å². The Hall–Kier alpha value is -1.60. The van der Waals surface area contributed by atoms with E-state index in [9.17, 15) is 4.79 Å². The maximum Gasteiger partial charge on any atom is 0.237 e. The summed E-state index contributed by atoms with van der Waals surface area (Å²) in [6.07, 6.45) is 7.29. The van der Waals surface area contributed by atoms with Crippen molar-refractivity contribution in [3.05, 3.63) is 29.8 Å². The zero-order valence-corrected chi connectivity index (χ0v) is 16.6. The molecule has 1 N–H and O–H groups in total. The molecule has 26 heavy (non-hydrogen) atoms. The normalized spacial score (nSPS) is 20.2. The second-order valence-corrected chi connectivity index (χ2v) is 9.29. The van der Waals surface area contributed by atoms with Crippen LogP contribution in [0.4, 0.5) is 10.8 Å². The molecule has 2 heterocycles. The number of nitrogens with zero attached hydrogens (tertiary/aromatic N) is 3. The van der Waals surface area contributed by atoms with Crippen LogP contribution in [0.5, 0.6) is 0 Å². The predicted molar refractivity (Wildman–Crippen MR) is 108 cm³/mol. The zero-order chi connectivity index (χ0) is 17.9. The summed E-state index contributed by atoms with van der Waals surface area (Å²) in [5.41, 5.74) is 2.32. The largest absolute Gasteiger partial charge is 0.357 e. The summed E-state index contributed by atoms with van der Waals surface area (Å²) in [4.78, 5) is 14.7. The molecule has 1 aromatic carbocycles. The summed E-state index contributed by atoms with van der Waals surface area (Å²) in [7, 11) is 0. The SMILES string of the molecule is CC1Cc2ccccc2N1C(=O)CSc1nnc(NC2CCCCC2)s1. The number of thioether (sulfide) groups is 1. The van der Waals surface area contributed by atoms with Gasteiger partial charge in [-0.25, -0.2) is 0 Å². The molecule has 1 aromatic heterocycles.